The zero-order valence-electron chi connectivity index (χ0n) is 12.6. The van der Waals surface area contributed by atoms with Crippen LogP contribution in [0.1, 0.15) is 24.1 Å². The molecule has 5 heteroatoms. The molecule has 1 saturated heterocycles. The van der Waals surface area contributed by atoms with Crippen LogP contribution in [-0.2, 0) is 20.1 Å². The van der Waals surface area contributed by atoms with Crippen molar-refractivity contribution in [3.8, 4) is 0 Å². The van der Waals surface area contributed by atoms with Crippen molar-refractivity contribution < 1.29 is 0 Å². The highest BCUT2D eigenvalue weighted by molar-refractivity contribution is 5.14. The molecule has 112 valence electrons. The third kappa shape index (κ3) is 4.12. The molecule has 0 spiro atoms. The molecule has 0 aliphatic carbocycles. The van der Waals surface area contributed by atoms with Gasteiger partial charge in [-0.25, -0.2) is 0 Å². The number of likely N-dealkylation sites (tertiary alicyclic amines) is 1. The maximum atomic E-state index is 4.11. The smallest absolute Gasteiger partial charge is 0.0964 e. The summed E-state index contributed by atoms with van der Waals surface area (Å²) in [6, 6.07) is 11.3. The molecular weight excluding hydrogens is 262 g/mol. The van der Waals surface area contributed by atoms with Crippen molar-refractivity contribution in [1.82, 2.24) is 25.2 Å². The number of nitrogens with zero attached hydrogens (tertiary/aromatic N) is 4. The van der Waals surface area contributed by atoms with Crippen molar-refractivity contribution in [2.45, 2.75) is 32.0 Å². The van der Waals surface area contributed by atoms with Crippen molar-refractivity contribution in [1.29, 1.82) is 0 Å². The van der Waals surface area contributed by atoms with Gasteiger partial charge in [0.2, 0.25) is 0 Å². The van der Waals surface area contributed by atoms with Crippen LogP contribution in [0.4, 0.5) is 0 Å². The molecule has 1 N–H and O–H groups in total. The first-order valence-electron chi connectivity index (χ1n) is 7.64. The SMILES string of the molecule is Cn1cc(CNC2CCN(Cc3ccccc3)CC2)nn1. The Morgan fingerprint density at radius 3 is 2.62 bits per heavy atom. The molecule has 0 amide bonds. The van der Waals surface area contributed by atoms with Crippen LogP contribution in [0.2, 0.25) is 0 Å². The summed E-state index contributed by atoms with van der Waals surface area (Å²) >= 11 is 0. The van der Waals surface area contributed by atoms with Gasteiger partial charge in [-0.3, -0.25) is 9.58 Å². The first kappa shape index (κ1) is 14.2. The summed E-state index contributed by atoms with van der Waals surface area (Å²) in [4.78, 5) is 2.54. The van der Waals surface area contributed by atoms with Gasteiger partial charge in [-0.15, -0.1) is 5.10 Å². The number of piperidine rings is 1. The van der Waals surface area contributed by atoms with E-state index in [1.807, 2.05) is 13.2 Å². The first-order valence-corrected chi connectivity index (χ1v) is 7.64. The lowest BCUT2D eigenvalue weighted by Gasteiger charge is -2.32. The van der Waals surface area contributed by atoms with Gasteiger partial charge in [-0.2, -0.15) is 0 Å². The molecule has 1 aliphatic rings. The zero-order valence-corrected chi connectivity index (χ0v) is 12.6. The molecule has 21 heavy (non-hydrogen) atoms. The third-order valence-corrected chi connectivity index (χ3v) is 4.06. The second-order valence-electron chi connectivity index (χ2n) is 5.80. The molecule has 1 aromatic carbocycles. The molecule has 1 aromatic heterocycles. The van der Waals surface area contributed by atoms with E-state index in [0.29, 0.717) is 6.04 Å². The second-order valence-corrected chi connectivity index (χ2v) is 5.80. The molecule has 1 aliphatic heterocycles. The third-order valence-electron chi connectivity index (χ3n) is 4.06. The molecule has 3 rings (SSSR count). The Balaban J connectivity index is 1.40. The minimum Gasteiger partial charge on any atom is -0.308 e. The summed E-state index contributed by atoms with van der Waals surface area (Å²) in [5, 5.41) is 11.7. The van der Waals surface area contributed by atoms with Gasteiger partial charge in [0.15, 0.2) is 0 Å². The fourth-order valence-corrected chi connectivity index (χ4v) is 2.86. The summed E-state index contributed by atoms with van der Waals surface area (Å²) in [5.74, 6) is 0. The number of hydrogen-bond donors (Lipinski definition) is 1. The van der Waals surface area contributed by atoms with E-state index >= 15 is 0 Å². The number of aromatic nitrogens is 3. The molecule has 0 atom stereocenters. The van der Waals surface area contributed by atoms with Gasteiger partial charge in [-0.1, -0.05) is 35.5 Å². The van der Waals surface area contributed by atoms with Gasteiger partial charge in [0.05, 0.1) is 5.69 Å². The van der Waals surface area contributed by atoms with E-state index in [9.17, 15) is 0 Å². The van der Waals surface area contributed by atoms with Crippen molar-refractivity contribution in [2.24, 2.45) is 7.05 Å². The van der Waals surface area contributed by atoms with Crippen LogP contribution in [0.25, 0.3) is 0 Å². The van der Waals surface area contributed by atoms with Gasteiger partial charge in [0.25, 0.3) is 0 Å². The Bertz CT molecular complexity index is 543. The average molecular weight is 285 g/mol. The fourth-order valence-electron chi connectivity index (χ4n) is 2.86. The Morgan fingerprint density at radius 1 is 1.19 bits per heavy atom. The second kappa shape index (κ2) is 6.83. The molecule has 2 heterocycles. The van der Waals surface area contributed by atoms with Crippen LogP contribution in [0, 0.1) is 0 Å². The molecule has 0 unspecified atom stereocenters. The normalized spacial score (nSPS) is 17.2. The van der Waals surface area contributed by atoms with Crippen molar-refractivity contribution >= 4 is 0 Å². The molecule has 0 saturated carbocycles. The van der Waals surface area contributed by atoms with E-state index in [4.69, 9.17) is 0 Å². The minimum atomic E-state index is 0.596. The Kier molecular flexibility index (Phi) is 4.62. The van der Waals surface area contributed by atoms with Crippen LogP contribution >= 0.6 is 0 Å². The minimum absolute atomic E-state index is 0.596. The zero-order chi connectivity index (χ0) is 14.5. The van der Waals surface area contributed by atoms with Crippen LogP contribution in [0.15, 0.2) is 36.5 Å². The van der Waals surface area contributed by atoms with E-state index in [1.54, 1.807) is 4.68 Å². The lowest BCUT2D eigenvalue weighted by atomic mass is 10.0. The van der Waals surface area contributed by atoms with E-state index in [0.717, 1.165) is 31.9 Å². The van der Waals surface area contributed by atoms with Crippen LogP contribution in [-0.4, -0.2) is 39.0 Å². The molecule has 5 nitrogen and oxygen atoms in total. The number of rotatable bonds is 5. The molecule has 1 fully saturated rings. The number of hydrogen-bond acceptors (Lipinski definition) is 4. The molecule has 2 aromatic rings. The Morgan fingerprint density at radius 2 is 1.95 bits per heavy atom. The summed E-state index contributed by atoms with van der Waals surface area (Å²) in [7, 11) is 1.90. The van der Waals surface area contributed by atoms with Gasteiger partial charge < -0.3 is 5.32 Å². The van der Waals surface area contributed by atoms with E-state index in [2.05, 4.69) is 50.9 Å². The fraction of sp³-hybridized carbons (Fsp3) is 0.500. The Hall–Kier alpha value is -1.72. The van der Waals surface area contributed by atoms with Crippen molar-refractivity contribution in [3.05, 3.63) is 47.8 Å². The van der Waals surface area contributed by atoms with E-state index < -0.39 is 0 Å². The van der Waals surface area contributed by atoms with Crippen LogP contribution < -0.4 is 5.32 Å². The average Bonchev–Trinajstić information content (AvgIpc) is 2.93. The van der Waals surface area contributed by atoms with Crippen molar-refractivity contribution in [3.63, 3.8) is 0 Å². The lowest BCUT2D eigenvalue weighted by Crippen LogP contribution is -2.41. The highest BCUT2D eigenvalue weighted by atomic mass is 15.4. The standard InChI is InChI=1S/C16H23N5/c1-20-13-16(18-19-20)11-17-15-7-9-21(10-8-15)12-14-5-3-2-4-6-14/h2-6,13,15,17H,7-12H2,1H3. The summed E-state index contributed by atoms with van der Waals surface area (Å²) in [6.45, 7) is 4.20. The van der Waals surface area contributed by atoms with E-state index in [-0.39, 0.29) is 0 Å². The maximum Gasteiger partial charge on any atom is 0.0964 e. The van der Waals surface area contributed by atoms with Gasteiger partial charge >= 0.3 is 0 Å². The maximum absolute atomic E-state index is 4.11. The number of nitrogens with one attached hydrogen (secondary N) is 1. The predicted molar refractivity (Wildman–Crippen MR) is 82.6 cm³/mol. The molecule has 0 bridgehead atoms. The summed E-state index contributed by atoms with van der Waals surface area (Å²) in [6.07, 6.45) is 4.37. The van der Waals surface area contributed by atoms with Crippen LogP contribution in [0.3, 0.4) is 0 Å². The predicted octanol–water partition coefficient (Wildman–Crippen LogP) is 1.57. The van der Waals surface area contributed by atoms with Crippen LogP contribution in [0.5, 0.6) is 0 Å². The number of benzene rings is 1. The monoisotopic (exact) mass is 285 g/mol. The summed E-state index contributed by atoms with van der Waals surface area (Å²) in [5.41, 5.74) is 2.42. The van der Waals surface area contributed by atoms with Gasteiger partial charge in [0, 0.05) is 32.4 Å². The largest absolute Gasteiger partial charge is 0.308 e. The van der Waals surface area contributed by atoms with Gasteiger partial charge in [0.1, 0.15) is 0 Å². The number of aryl methyl sites for hydroxylation is 1. The highest BCUT2D eigenvalue weighted by Gasteiger charge is 2.18. The summed E-state index contributed by atoms with van der Waals surface area (Å²) < 4.78 is 1.75. The molecular formula is C16H23N5. The first-order chi connectivity index (χ1) is 10.3. The highest BCUT2D eigenvalue weighted by Crippen LogP contribution is 2.14. The van der Waals surface area contributed by atoms with Gasteiger partial charge in [-0.05, 0) is 31.5 Å². The lowest BCUT2D eigenvalue weighted by molar-refractivity contribution is 0.190. The Labute approximate surface area is 126 Å². The topological polar surface area (TPSA) is 46.0 Å². The van der Waals surface area contributed by atoms with Crippen molar-refractivity contribution in [2.75, 3.05) is 13.1 Å². The van der Waals surface area contributed by atoms with E-state index in [1.165, 1.54) is 18.4 Å². The molecule has 0 radical (unpaired) electrons. The quantitative estimate of drug-likeness (QED) is 0.906.